The first-order valence-electron chi connectivity index (χ1n) is 8.33. The molecule has 0 saturated heterocycles. The molecule has 0 saturated carbocycles. The number of hydrogen-bond donors (Lipinski definition) is 2. The van der Waals surface area contributed by atoms with Gasteiger partial charge in [0.2, 0.25) is 0 Å². The summed E-state index contributed by atoms with van der Waals surface area (Å²) >= 11 is 0. The Balaban J connectivity index is 1.73. The van der Waals surface area contributed by atoms with E-state index in [9.17, 15) is 4.79 Å². The molecule has 0 aliphatic rings. The van der Waals surface area contributed by atoms with E-state index in [0.717, 1.165) is 5.56 Å². The first-order chi connectivity index (χ1) is 13.2. The number of hydrogen-bond acceptors (Lipinski definition) is 6. The molecule has 1 amide bonds. The van der Waals surface area contributed by atoms with Gasteiger partial charge in [-0.2, -0.15) is 0 Å². The number of aromatic nitrogens is 2. The topological polar surface area (TPSA) is 85.4 Å². The minimum Gasteiger partial charge on any atom is -0.497 e. The van der Waals surface area contributed by atoms with E-state index in [1.807, 2.05) is 30.3 Å². The van der Waals surface area contributed by atoms with Gasteiger partial charge in [0.15, 0.2) is 0 Å². The zero-order valence-corrected chi connectivity index (χ0v) is 15.1. The van der Waals surface area contributed by atoms with Gasteiger partial charge in [-0.25, -0.2) is 9.97 Å². The highest BCUT2D eigenvalue weighted by Gasteiger charge is 2.11. The quantitative estimate of drug-likeness (QED) is 0.670. The van der Waals surface area contributed by atoms with Crippen molar-refractivity contribution in [2.75, 3.05) is 19.5 Å². The first kappa shape index (κ1) is 18.2. The summed E-state index contributed by atoms with van der Waals surface area (Å²) in [6, 6.07) is 16.6. The monoisotopic (exact) mass is 364 g/mol. The normalized spacial score (nSPS) is 10.1. The van der Waals surface area contributed by atoms with E-state index in [0.29, 0.717) is 29.5 Å². The third-order valence-corrected chi connectivity index (χ3v) is 3.86. The molecule has 3 aromatic rings. The number of nitrogens with zero attached hydrogens (tertiary/aromatic N) is 2. The predicted molar refractivity (Wildman–Crippen MR) is 102 cm³/mol. The summed E-state index contributed by atoms with van der Waals surface area (Å²) < 4.78 is 10.6. The van der Waals surface area contributed by atoms with Crippen LogP contribution in [0.4, 0.5) is 11.5 Å². The van der Waals surface area contributed by atoms with Crippen molar-refractivity contribution < 1.29 is 14.3 Å². The second-order valence-electron chi connectivity index (χ2n) is 5.65. The Hall–Kier alpha value is -3.61. The van der Waals surface area contributed by atoms with Crippen molar-refractivity contribution in [3.8, 4) is 11.5 Å². The summed E-state index contributed by atoms with van der Waals surface area (Å²) in [5, 5.41) is 5.98. The van der Waals surface area contributed by atoms with E-state index in [2.05, 4.69) is 20.6 Å². The van der Waals surface area contributed by atoms with E-state index in [1.54, 1.807) is 38.5 Å². The molecule has 2 aromatic carbocycles. The van der Waals surface area contributed by atoms with Gasteiger partial charge in [-0.3, -0.25) is 4.79 Å². The molecule has 1 aromatic heterocycles. The average molecular weight is 364 g/mol. The van der Waals surface area contributed by atoms with Crippen molar-refractivity contribution in [2.45, 2.75) is 6.54 Å². The first-order valence-corrected chi connectivity index (χ1v) is 8.33. The molecular formula is C20H20N4O3. The van der Waals surface area contributed by atoms with E-state index in [-0.39, 0.29) is 11.6 Å². The number of benzene rings is 2. The highest BCUT2D eigenvalue weighted by molar-refractivity contribution is 5.93. The van der Waals surface area contributed by atoms with Crippen LogP contribution in [0.3, 0.4) is 0 Å². The molecule has 0 aliphatic heterocycles. The molecule has 1 heterocycles. The maximum atomic E-state index is 12.4. The lowest BCUT2D eigenvalue weighted by Crippen LogP contribution is -2.24. The number of carbonyl (C=O) groups excluding carboxylic acids is 1. The molecule has 2 N–H and O–H groups in total. The van der Waals surface area contributed by atoms with Crippen LogP contribution < -0.4 is 20.1 Å². The molecule has 7 heteroatoms. The molecule has 3 rings (SSSR count). The smallest absolute Gasteiger partial charge is 0.270 e. The van der Waals surface area contributed by atoms with E-state index in [4.69, 9.17) is 9.47 Å². The number of methoxy groups -OCH3 is 2. The van der Waals surface area contributed by atoms with Gasteiger partial charge in [-0.15, -0.1) is 0 Å². The molecule has 27 heavy (non-hydrogen) atoms. The van der Waals surface area contributed by atoms with Gasteiger partial charge in [0, 0.05) is 18.7 Å². The summed E-state index contributed by atoms with van der Waals surface area (Å²) in [5.74, 6) is 1.50. The Kier molecular flexibility index (Phi) is 5.84. The zero-order chi connectivity index (χ0) is 19.1. The van der Waals surface area contributed by atoms with Crippen LogP contribution >= 0.6 is 0 Å². The SMILES string of the molecule is COc1ccc(OC)c(Nc2cc(C(=O)NCc3ccccc3)ncn2)c1. The predicted octanol–water partition coefficient (Wildman–Crippen LogP) is 3.17. The second kappa shape index (κ2) is 8.66. The molecule has 0 bridgehead atoms. The second-order valence-corrected chi connectivity index (χ2v) is 5.65. The van der Waals surface area contributed by atoms with Gasteiger partial charge in [-0.1, -0.05) is 30.3 Å². The fourth-order valence-electron chi connectivity index (χ4n) is 2.47. The molecule has 7 nitrogen and oxygen atoms in total. The zero-order valence-electron chi connectivity index (χ0n) is 15.1. The Morgan fingerprint density at radius 3 is 2.56 bits per heavy atom. The summed E-state index contributed by atoms with van der Waals surface area (Å²) in [4.78, 5) is 20.6. The van der Waals surface area contributed by atoms with Gasteiger partial charge in [0.1, 0.15) is 29.3 Å². The highest BCUT2D eigenvalue weighted by atomic mass is 16.5. The van der Waals surface area contributed by atoms with Crippen LogP contribution in [0.15, 0.2) is 60.9 Å². The number of carbonyl (C=O) groups is 1. The molecular weight excluding hydrogens is 344 g/mol. The van der Waals surface area contributed by atoms with Crippen LogP contribution in [0.25, 0.3) is 0 Å². The maximum Gasteiger partial charge on any atom is 0.270 e. The van der Waals surface area contributed by atoms with E-state index >= 15 is 0 Å². The fraction of sp³-hybridized carbons (Fsp3) is 0.150. The third-order valence-electron chi connectivity index (χ3n) is 3.86. The largest absolute Gasteiger partial charge is 0.497 e. The van der Waals surface area contributed by atoms with Crippen LogP contribution in [0.2, 0.25) is 0 Å². The van der Waals surface area contributed by atoms with Crippen LogP contribution in [0.5, 0.6) is 11.5 Å². The fourth-order valence-corrected chi connectivity index (χ4v) is 2.47. The molecule has 0 fully saturated rings. The Bertz CT molecular complexity index is 916. The van der Waals surface area contributed by atoms with Gasteiger partial charge < -0.3 is 20.1 Å². The lowest BCUT2D eigenvalue weighted by molar-refractivity contribution is 0.0946. The molecule has 0 radical (unpaired) electrons. The molecule has 0 atom stereocenters. The van der Waals surface area contributed by atoms with Crippen molar-refractivity contribution in [1.29, 1.82) is 0 Å². The number of nitrogens with one attached hydrogen (secondary N) is 2. The Morgan fingerprint density at radius 2 is 1.81 bits per heavy atom. The molecule has 0 aliphatic carbocycles. The third kappa shape index (κ3) is 4.72. The molecule has 0 unspecified atom stereocenters. The lowest BCUT2D eigenvalue weighted by atomic mass is 10.2. The van der Waals surface area contributed by atoms with E-state index in [1.165, 1.54) is 6.33 Å². The Labute approximate surface area is 157 Å². The summed E-state index contributed by atoms with van der Waals surface area (Å²) in [6.45, 7) is 0.427. The molecule has 0 spiro atoms. The van der Waals surface area contributed by atoms with E-state index < -0.39 is 0 Å². The standard InChI is InChI=1S/C20H20N4O3/c1-26-15-8-9-18(27-2)16(10-15)24-19-11-17(22-13-23-19)20(25)21-12-14-6-4-3-5-7-14/h3-11,13H,12H2,1-2H3,(H,21,25)(H,22,23,24). The van der Waals surface area contributed by atoms with Crippen LogP contribution in [0, 0.1) is 0 Å². The number of ether oxygens (including phenoxy) is 2. The summed E-state index contributed by atoms with van der Waals surface area (Å²) in [5.41, 5.74) is 1.95. The van der Waals surface area contributed by atoms with Gasteiger partial charge in [0.25, 0.3) is 5.91 Å². The summed E-state index contributed by atoms with van der Waals surface area (Å²) in [6.07, 6.45) is 1.34. The number of rotatable bonds is 7. The number of amides is 1. The Morgan fingerprint density at radius 1 is 1.00 bits per heavy atom. The average Bonchev–Trinajstić information content (AvgIpc) is 2.73. The minimum absolute atomic E-state index is 0.269. The van der Waals surface area contributed by atoms with Gasteiger partial charge in [0.05, 0.1) is 19.9 Å². The molecule has 138 valence electrons. The minimum atomic E-state index is -0.276. The van der Waals surface area contributed by atoms with Crippen molar-refractivity contribution in [3.05, 3.63) is 72.2 Å². The van der Waals surface area contributed by atoms with Crippen molar-refractivity contribution in [1.82, 2.24) is 15.3 Å². The van der Waals surface area contributed by atoms with Gasteiger partial charge in [-0.05, 0) is 17.7 Å². The maximum absolute atomic E-state index is 12.4. The van der Waals surface area contributed by atoms with Crippen molar-refractivity contribution >= 4 is 17.4 Å². The lowest BCUT2D eigenvalue weighted by Gasteiger charge is -2.12. The number of anilines is 2. The summed E-state index contributed by atoms with van der Waals surface area (Å²) in [7, 11) is 3.17. The van der Waals surface area contributed by atoms with Crippen molar-refractivity contribution in [2.24, 2.45) is 0 Å². The van der Waals surface area contributed by atoms with Gasteiger partial charge >= 0.3 is 0 Å². The van der Waals surface area contributed by atoms with Crippen LogP contribution in [0.1, 0.15) is 16.1 Å². The highest BCUT2D eigenvalue weighted by Crippen LogP contribution is 2.30. The van der Waals surface area contributed by atoms with Crippen LogP contribution in [-0.4, -0.2) is 30.1 Å². The van der Waals surface area contributed by atoms with Crippen molar-refractivity contribution in [3.63, 3.8) is 0 Å². The van der Waals surface area contributed by atoms with Crippen LogP contribution in [-0.2, 0) is 6.54 Å².